The summed E-state index contributed by atoms with van der Waals surface area (Å²) in [6, 6.07) is 8.52. The molecule has 0 aliphatic heterocycles. The van der Waals surface area contributed by atoms with Gasteiger partial charge in [0.2, 0.25) is 0 Å². The fraction of sp³-hybridized carbons (Fsp3) is 0.188. The SMILES string of the molecule is Cc1nn(Cc2ccc(Cl)cc2Cl)c(C)c1NS(=O)(=O)c1cccs1. The zero-order valence-electron chi connectivity index (χ0n) is 13.5. The predicted molar refractivity (Wildman–Crippen MR) is 102 cm³/mol. The second-order valence-electron chi connectivity index (χ2n) is 5.48. The molecule has 0 bridgehead atoms. The molecule has 0 amide bonds. The number of hydrogen-bond acceptors (Lipinski definition) is 4. The van der Waals surface area contributed by atoms with E-state index >= 15 is 0 Å². The molecule has 0 fully saturated rings. The van der Waals surface area contributed by atoms with Gasteiger partial charge < -0.3 is 0 Å². The van der Waals surface area contributed by atoms with Crippen molar-refractivity contribution >= 4 is 50.2 Å². The number of nitrogens with zero attached hydrogens (tertiary/aromatic N) is 2. The van der Waals surface area contributed by atoms with Crippen molar-refractivity contribution in [1.82, 2.24) is 9.78 Å². The minimum absolute atomic E-state index is 0.264. The molecular formula is C16H15Cl2N3O2S2. The Morgan fingerprint density at radius 2 is 2.00 bits per heavy atom. The fourth-order valence-electron chi connectivity index (χ4n) is 2.41. The average Bonchev–Trinajstić information content (AvgIpc) is 3.16. The number of rotatable bonds is 5. The molecule has 1 aromatic carbocycles. The minimum Gasteiger partial charge on any atom is -0.275 e. The molecule has 0 aliphatic carbocycles. The summed E-state index contributed by atoms with van der Waals surface area (Å²) < 4.78 is 29.5. The van der Waals surface area contributed by atoms with Crippen LogP contribution in [0.15, 0.2) is 39.9 Å². The monoisotopic (exact) mass is 415 g/mol. The van der Waals surface area contributed by atoms with E-state index in [-0.39, 0.29) is 4.21 Å². The summed E-state index contributed by atoms with van der Waals surface area (Å²) >= 11 is 13.3. The van der Waals surface area contributed by atoms with Gasteiger partial charge in [0.1, 0.15) is 4.21 Å². The molecule has 1 N–H and O–H groups in total. The van der Waals surface area contributed by atoms with Crippen LogP contribution in [0, 0.1) is 13.8 Å². The first-order valence-electron chi connectivity index (χ1n) is 7.32. The third kappa shape index (κ3) is 3.84. The molecule has 0 atom stereocenters. The molecule has 3 aromatic rings. The van der Waals surface area contributed by atoms with Gasteiger partial charge in [0.05, 0.1) is 23.6 Å². The lowest BCUT2D eigenvalue weighted by Crippen LogP contribution is -2.13. The molecular weight excluding hydrogens is 401 g/mol. The highest BCUT2D eigenvalue weighted by Gasteiger charge is 2.21. The van der Waals surface area contributed by atoms with E-state index in [4.69, 9.17) is 23.2 Å². The Hall–Kier alpha value is -1.54. The van der Waals surface area contributed by atoms with Crippen LogP contribution in [0.2, 0.25) is 10.0 Å². The second kappa shape index (κ2) is 6.99. The molecule has 2 aromatic heterocycles. The summed E-state index contributed by atoms with van der Waals surface area (Å²) in [5.74, 6) is 0. The lowest BCUT2D eigenvalue weighted by Gasteiger charge is -2.09. The van der Waals surface area contributed by atoms with Gasteiger partial charge in [-0.1, -0.05) is 35.3 Å². The Labute approximate surface area is 160 Å². The summed E-state index contributed by atoms with van der Waals surface area (Å²) in [6.45, 7) is 4.00. The summed E-state index contributed by atoms with van der Waals surface area (Å²) in [4.78, 5) is 0. The van der Waals surface area contributed by atoms with Crippen LogP contribution in [0.25, 0.3) is 0 Å². The topological polar surface area (TPSA) is 64.0 Å². The largest absolute Gasteiger partial charge is 0.275 e. The Kier molecular flexibility index (Phi) is 5.11. The fourth-order valence-corrected chi connectivity index (χ4v) is 5.05. The van der Waals surface area contributed by atoms with E-state index < -0.39 is 10.0 Å². The van der Waals surface area contributed by atoms with E-state index in [1.54, 1.807) is 41.3 Å². The van der Waals surface area contributed by atoms with Crippen molar-refractivity contribution in [3.8, 4) is 0 Å². The van der Waals surface area contributed by atoms with Crippen LogP contribution in [-0.2, 0) is 16.6 Å². The van der Waals surface area contributed by atoms with Crippen molar-refractivity contribution in [3.63, 3.8) is 0 Å². The van der Waals surface area contributed by atoms with Crippen LogP contribution in [0.3, 0.4) is 0 Å². The number of hydrogen-bond donors (Lipinski definition) is 1. The summed E-state index contributed by atoms with van der Waals surface area (Å²) in [7, 11) is -3.62. The van der Waals surface area contributed by atoms with Gasteiger partial charge in [-0.05, 0) is 43.0 Å². The van der Waals surface area contributed by atoms with Crippen molar-refractivity contribution in [2.45, 2.75) is 24.6 Å². The average molecular weight is 416 g/mol. The Bertz CT molecular complexity index is 1010. The molecule has 25 heavy (non-hydrogen) atoms. The van der Waals surface area contributed by atoms with E-state index in [9.17, 15) is 8.42 Å². The molecule has 2 heterocycles. The van der Waals surface area contributed by atoms with Crippen molar-refractivity contribution in [1.29, 1.82) is 0 Å². The van der Waals surface area contributed by atoms with E-state index in [0.717, 1.165) is 5.56 Å². The molecule has 9 heteroatoms. The predicted octanol–water partition coefficient (Wildman–Crippen LogP) is 4.72. The normalized spacial score (nSPS) is 11.7. The Balaban J connectivity index is 1.91. The van der Waals surface area contributed by atoms with Gasteiger partial charge in [0.25, 0.3) is 10.0 Å². The molecule has 0 saturated heterocycles. The quantitative estimate of drug-likeness (QED) is 0.655. The lowest BCUT2D eigenvalue weighted by molar-refractivity contribution is 0.603. The second-order valence-corrected chi connectivity index (χ2v) is 9.18. The highest BCUT2D eigenvalue weighted by atomic mass is 35.5. The number of nitrogens with one attached hydrogen (secondary N) is 1. The van der Waals surface area contributed by atoms with Gasteiger partial charge in [-0.15, -0.1) is 11.3 Å². The Morgan fingerprint density at radius 3 is 2.64 bits per heavy atom. The maximum atomic E-state index is 12.5. The van der Waals surface area contributed by atoms with Crippen LogP contribution >= 0.6 is 34.5 Å². The van der Waals surface area contributed by atoms with Crippen molar-refractivity contribution < 1.29 is 8.42 Å². The highest BCUT2D eigenvalue weighted by molar-refractivity contribution is 7.94. The number of halogens is 2. The van der Waals surface area contributed by atoms with Crippen molar-refractivity contribution in [2.24, 2.45) is 0 Å². The third-order valence-electron chi connectivity index (χ3n) is 3.71. The molecule has 0 spiro atoms. The standard InChI is InChI=1S/C16H15Cl2N3O2S2/c1-10-16(20-25(22,23)15-4-3-7-24-15)11(2)21(19-10)9-12-5-6-13(17)8-14(12)18/h3-8,20H,9H2,1-2H3. The highest BCUT2D eigenvalue weighted by Crippen LogP contribution is 2.27. The van der Waals surface area contributed by atoms with Gasteiger partial charge in [-0.3, -0.25) is 9.40 Å². The van der Waals surface area contributed by atoms with Crippen LogP contribution in [0.1, 0.15) is 17.0 Å². The van der Waals surface area contributed by atoms with E-state index in [1.807, 2.05) is 13.0 Å². The minimum atomic E-state index is -3.62. The molecule has 5 nitrogen and oxygen atoms in total. The third-order valence-corrected chi connectivity index (χ3v) is 7.05. The molecule has 0 radical (unpaired) electrons. The smallest absolute Gasteiger partial charge is 0.271 e. The molecule has 3 rings (SSSR count). The van der Waals surface area contributed by atoms with E-state index in [1.165, 1.54) is 11.3 Å². The summed E-state index contributed by atoms with van der Waals surface area (Å²) in [5.41, 5.74) is 2.65. The van der Waals surface area contributed by atoms with Crippen LogP contribution in [-0.4, -0.2) is 18.2 Å². The van der Waals surface area contributed by atoms with Gasteiger partial charge >= 0.3 is 0 Å². The first-order chi connectivity index (χ1) is 11.8. The first kappa shape index (κ1) is 18.3. The Morgan fingerprint density at radius 1 is 1.24 bits per heavy atom. The summed E-state index contributed by atoms with van der Waals surface area (Å²) in [6.07, 6.45) is 0. The maximum absolute atomic E-state index is 12.5. The van der Waals surface area contributed by atoms with Crippen molar-refractivity contribution in [3.05, 3.63) is 62.7 Å². The lowest BCUT2D eigenvalue weighted by atomic mass is 10.2. The molecule has 0 saturated carbocycles. The van der Waals surface area contributed by atoms with Gasteiger partial charge in [-0.25, -0.2) is 8.42 Å². The van der Waals surface area contributed by atoms with E-state index in [2.05, 4.69) is 9.82 Å². The number of aromatic nitrogens is 2. The number of thiophene rings is 1. The zero-order chi connectivity index (χ0) is 18.2. The maximum Gasteiger partial charge on any atom is 0.271 e. The molecule has 0 aliphatic rings. The van der Waals surface area contributed by atoms with Crippen LogP contribution in [0.5, 0.6) is 0 Å². The number of sulfonamides is 1. The van der Waals surface area contributed by atoms with Gasteiger partial charge in [0.15, 0.2) is 0 Å². The van der Waals surface area contributed by atoms with Crippen LogP contribution in [0.4, 0.5) is 5.69 Å². The van der Waals surface area contributed by atoms with E-state index in [0.29, 0.717) is 33.7 Å². The number of benzene rings is 1. The zero-order valence-corrected chi connectivity index (χ0v) is 16.6. The first-order valence-corrected chi connectivity index (χ1v) is 10.4. The number of aryl methyl sites for hydroxylation is 1. The van der Waals surface area contributed by atoms with Gasteiger partial charge in [0, 0.05) is 10.0 Å². The number of anilines is 1. The summed E-state index contributed by atoms with van der Waals surface area (Å²) in [5, 5.41) is 7.26. The van der Waals surface area contributed by atoms with Gasteiger partial charge in [-0.2, -0.15) is 5.10 Å². The molecule has 132 valence electrons. The van der Waals surface area contributed by atoms with Crippen molar-refractivity contribution in [2.75, 3.05) is 4.72 Å². The molecule has 0 unspecified atom stereocenters. The van der Waals surface area contributed by atoms with Crippen LogP contribution < -0.4 is 4.72 Å².